The first kappa shape index (κ1) is 58.8. The van der Waals surface area contributed by atoms with Crippen LogP contribution in [0.1, 0.15) is 118 Å². The molecule has 3 saturated heterocycles. The summed E-state index contributed by atoms with van der Waals surface area (Å²) in [5, 5.41) is 37.0. The number of carboxylic acids is 1. The molecule has 3 fully saturated rings. The molecule has 9 unspecified atom stereocenters. The summed E-state index contributed by atoms with van der Waals surface area (Å²) in [7, 11) is 5.40. The molecule has 3 aliphatic heterocycles. The van der Waals surface area contributed by atoms with Gasteiger partial charge in [-0.25, -0.2) is 4.79 Å². The van der Waals surface area contributed by atoms with Crippen LogP contribution in [-0.2, 0) is 49.3 Å². The molecule has 1 aromatic heterocycles. The van der Waals surface area contributed by atoms with Crippen LogP contribution in [0.3, 0.4) is 0 Å². The number of aryl methyl sites for hydroxylation is 1. The number of methoxy groups -OCH3 is 1. The summed E-state index contributed by atoms with van der Waals surface area (Å²) in [4.78, 5) is 68.1. The molecule has 19 heteroatoms. The summed E-state index contributed by atoms with van der Waals surface area (Å²) in [5.74, 6) is -5.68. The summed E-state index contributed by atoms with van der Waals surface area (Å²) in [6, 6.07) is 3.53. The Morgan fingerprint density at radius 3 is 2.31 bits per heavy atom. The maximum atomic E-state index is 14.5. The van der Waals surface area contributed by atoms with E-state index in [1.165, 1.54) is 13.1 Å². The van der Waals surface area contributed by atoms with Gasteiger partial charge < -0.3 is 69.0 Å². The summed E-state index contributed by atoms with van der Waals surface area (Å²) in [6.07, 6.45) is -2.96. The molecule has 0 bridgehead atoms. The van der Waals surface area contributed by atoms with Crippen LogP contribution in [0, 0.1) is 29.6 Å². The number of aromatic carboxylic acids is 1. The molecule has 0 amide bonds. The number of carboxylic acid groups (broad SMARTS) is 1. The molecule has 3 aliphatic rings. The number of pyridine rings is 1. The zero-order chi connectivity index (χ0) is 53.6. The third-order valence-corrected chi connectivity index (χ3v) is 15.8. The molecule has 4 heterocycles. The van der Waals surface area contributed by atoms with Gasteiger partial charge in [0.05, 0.1) is 54.0 Å². The molecule has 1 aromatic carbocycles. The molecule has 17 atom stereocenters. The van der Waals surface area contributed by atoms with E-state index in [2.05, 4.69) is 5.32 Å². The van der Waals surface area contributed by atoms with E-state index in [4.69, 9.17) is 38.9 Å². The van der Waals surface area contributed by atoms with Crippen molar-refractivity contribution in [3.05, 3.63) is 40.2 Å². The first-order valence-electron chi connectivity index (χ1n) is 25.8. The lowest BCUT2D eigenvalue weighted by atomic mass is 9.65. The number of aliphatic hydroxyl groups excluding tert-OH is 1. The van der Waals surface area contributed by atoms with Gasteiger partial charge in [0.1, 0.15) is 41.5 Å². The number of fused-ring (bicyclic) bond motifs is 1. The smallest absolute Gasteiger partial charge is 0.341 e. The number of hydrogen-bond acceptors (Lipinski definition) is 17. The molecule has 0 radical (unpaired) electrons. The van der Waals surface area contributed by atoms with Crippen molar-refractivity contribution in [2.45, 2.75) is 187 Å². The first-order valence-corrected chi connectivity index (χ1v) is 25.8. The van der Waals surface area contributed by atoms with Gasteiger partial charge in [-0.2, -0.15) is 0 Å². The highest BCUT2D eigenvalue weighted by Crippen LogP contribution is 2.46. The van der Waals surface area contributed by atoms with Crippen LogP contribution in [0.2, 0.25) is 0 Å². The van der Waals surface area contributed by atoms with E-state index < -0.39 is 113 Å². The number of benzene rings is 1. The van der Waals surface area contributed by atoms with E-state index in [9.17, 15) is 39.3 Å². The number of hydrogen-bond donors (Lipinski definition) is 5. The third kappa shape index (κ3) is 13.2. The summed E-state index contributed by atoms with van der Waals surface area (Å²) in [6.45, 7) is 19.4. The van der Waals surface area contributed by atoms with Gasteiger partial charge in [-0.05, 0) is 99.4 Å². The second-order valence-corrected chi connectivity index (χ2v) is 21.2. The van der Waals surface area contributed by atoms with Crippen molar-refractivity contribution in [2.24, 2.45) is 35.3 Å². The molecule has 6 N–H and O–H groups in total. The number of aliphatic hydroxyl groups is 2. The van der Waals surface area contributed by atoms with E-state index in [0.29, 0.717) is 50.2 Å². The highest BCUT2D eigenvalue weighted by molar-refractivity contribution is 5.93. The van der Waals surface area contributed by atoms with E-state index in [-0.39, 0.29) is 54.7 Å². The maximum absolute atomic E-state index is 14.5. The molecule has 0 saturated carbocycles. The number of nitrogens with zero attached hydrogens (tertiary/aromatic N) is 2. The number of ketones is 1. The van der Waals surface area contributed by atoms with Gasteiger partial charge in [-0.15, -0.1) is 0 Å². The Hall–Kier alpha value is -4.05. The summed E-state index contributed by atoms with van der Waals surface area (Å²) >= 11 is 0. The minimum absolute atomic E-state index is 0.0781. The average Bonchev–Trinajstić information content (AvgIpc) is 3.33. The zero-order valence-corrected chi connectivity index (χ0v) is 44.8. The Balaban J connectivity index is 1.29. The Morgan fingerprint density at radius 1 is 1.00 bits per heavy atom. The van der Waals surface area contributed by atoms with Crippen molar-refractivity contribution >= 4 is 34.6 Å². The van der Waals surface area contributed by atoms with E-state index in [0.717, 1.165) is 0 Å². The zero-order valence-electron chi connectivity index (χ0n) is 44.8. The number of carbonyl (C=O) groups is 4. The van der Waals surface area contributed by atoms with Crippen molar-refractivity contribution < 1.29 is 67.7 Å². The normalized spacial score (nSPS) is 36.4. The van der Waals surface area contributed by atoms with Crippen molar-refractivity contribution in [1.82, 2.24) is 14.8 Å². The van der Waals surface area contributed by atoms with Crippen LogP contribution in [-0.4, -0.2) is 162 Å². The Kier molecular flexibility index (Phi) is 20.4. The molecule has 5 rings (SSSR count). The number of cyclic esters (lactones) is 1. The van der Waals surface area contributed by atoms with Gasteiger partial charge in [0, 0.05) is 80.7 Å². The van der Waals surface area contributed by atoms with Gasteiger partial charge in [-0.1, -0.05) is 27.7 Å². The van der Waals surface area contributed by atoms with Gasteiger partial charge in [0.2, 0.25) is 5.43 Å². The number of rotatable bonds is 16. The van der Waals surface area contributed by atoms with Crippen LogP contribution in [0.5, 0.6) is 5.75 Å². The third-order valence-electron chi connectivity index (χ3n) is 15.8. The van der Waals surface area contributed by atoms with Gasteiger partial charge in [-0.3, -0.25) is 19.2 Å². The van der Waals surface area contributed by atoms with Crippen molar-refractivity contribution in [3.63, 3.8) is 0 Å². The first-order chi connectivity index (χ1) is 33.8. The standard InChI is InChI=1S/C53H84N4O15/c1-14-40-53(10,65)49(54)31(6)44(59)28(3)26-52(9,66-13)43(48-46(61)38(56(11)12)24-29(4)68-48)30(5)47(32(7)51(64)71-40)72-42-19-18-39(33(8)69-42)70-41(58)20-21-55-22-23-67-34-16-17-35-37(25-34)57(15-2)27-36(45(35)60)50(62)63/h16-17,25,27-33,38-40,42-43,46-49,55,61,65H,14-15,18-24,26,54H2,1-13H3,(H,62,63)/t28-,29+,30-,31-,32+,33?,38?,39?,40-,42?,43+,46?,47+,48?,49?,52?,53?/m0/s1. The fourth-order valence-corrected chi connectivity index (χ4v) is 11.4. The van der Waals surface area contributed by atoms with Crippen LogP contribution in [0.4, 0.5) is 0 Å². The van der Waals surface area contributed by atoms with Crippen molar-refractivity contribution in [3.8, 4) is 5.75 Å². The number of aromatic nitrogens is 1. The number of nitrogens with two attached hydrogens (primary N) is 1. The van der Waals surface area contributed by atoms with Crippen LogP contribution < -0.4 is 21.2 Å². The molecule has 2 aromatic rings. The SMILES string of the molecule is CC[C@@H]1OC(=O)[C@H](C)[C@H](OC2CCC(OC(=O)CCNCCOc3ccc4c(=O)c(C(=O)O)cn(CC)c4c3)C(C)O2)[C@@H](C)[C@H](C2O[C@H](C)CC(N(C)C)C2O)C(C)(OC)C[C@H](C)C(=O)[C@H](C)C(N)C1(C)O. The predicted molar refractivity (Wildman–Crippen MR) is 269 cm³/mol. The second-order valence-electron chi connectivity index (χ2n) is 21.2. The lowest BCUT2D eigenvalue weighted by Crippen LogP contribution is -2.63. The van der Waals surface area contributed by atoms with Gasteiger partial charge in [0.15, 0.2) is 6.29 Å². The van der Waals surface area contributed by atoms with Gasteiger partial charge in [0.25, 0.3) is 0 Å². The molecule has 406 valence electrons. The largest absolute Gasteiger partial charge is 0.492 e. The molecular weight excluding hydrogens is 933 g/mol. The maximum Gasteiger partial charge on any atom is 0.341 e. The molecular formula is C53H84N4O15. The molecule has 72 heavy (non-hydrogen) atoms. The highest BCUT2D eigenvalue weighted by Gasteiger charge is 2.55. The fraction of sp³-hybridized carbons (Fsp3) is 0.755. The monoisotopic (exact) mass is 1020 g/mol. The number of esters is 2. The number of ether oxygens (including phenoxy) is 7. The highest BCUT2D eigenvalue weighted by atomic mass is 16.7. The fourth-order valence-electron chi connectivity index (χ4n) is 11.4. The average molecular weight is 1020 g/mol. The van der Waals surface area contributed by atoms with Crippen LogP contribution in [0.15, 0.2) is 29.2 Å². The quantitative estimate of drug-likeness (QED) is 0.116. The van der Waals surface area contributed by atoms with Gasteiger partial charge >= 0.3 is 17.9 Å². The molecule has 0 aliphatic carbocycles. The predicted octanol–water partition coefficient (Wildman–Crippen LogP) is 4.31. The summed E-state index contributed by atoms with van der Waals surface area (Å²) in [5.41, 5.74) is 3.50. The Bertz CT molecular complexity index is 2240. The Morgan fingerprint density at radius 2 is 1.69 bits per heavy atom. The topological polar surface area (TPSA) is 257 Å². The lowest BCUT2D eigenvalue weighted by molar-refractivity contribution is -0.269. The van der Waals surface area contributed by atoms with Crippen LogP contribution >= 0.6 is 0 Å². The number of carbonyl (C=O) groups excluding carboxylic acids is 3. The minimum atomic E-state index is -1.77. The van der Waals surface area contributed by atoms with E-state index in [1.54, 1.807) is 57.6 Å². The minimum Gasteiger partial charge on any atom is -0.492 e. The second kappa shape index (κ2) is 25.0. The van der Waals surface area contributed by atoms with E-state index >= 15 is 0 Å². The molecule has 19 nitrogen and oxygen atoms in total. The molecule has 0 spiro atoms. The van der Waals surface area contributed by atoms with Crippen LogP contribution in [0.25, 0.3) is 10.9 Å². The number of nitrogens with one attached hydrogen (secondary N) is 1. The number of likely N-dealkylation sites (N-methyl/N-ethyl adjacent to an activating group) is 1. The Labute approximate surface area is 424 Å². The van der Waals surface area contributed by atoms with E-state index in [1.807, 2.05) is 53.6 Å². The lowest BCUT2D eigenvalue weighted by Gasteiger charge is -2.53. The number of Topliss-reactive ketones (excluding diaryl/α,β-unsaturated/α-hetero) is 1. The summed E-state index contributed by atoms with van der Waals surface area (Å²) < 4.78 is 46.1. The van der Waals surface area contributed by atoms with Crippen molar-refractivity contribution in [2.75, 3.05) is 40.9 Å². The van der Waals surface area contributed by atoms with Crippen molar-refractivity contribution in [1.29, 1.82) is 0 Å².